The molecule has 1 fully saturated rings. The number of para-hydroxylation sites is 1. The van der Waals surface area contributed by atoms with Crippen LogP contribution in [0.25, 0.3) is 17.0 Å². The molecule has 5 nitrogen and oxygen atoms in total. The van der Waals surface area contributed by atoms with Gasteiger partial charge in [-0.1, -0.05) is 18.2 Å². The topological polar surface area (TPSA) is 71.5 Å². The summed E-state index contributed by atoms with van der Waals surface area (Å²) in [6.07, 6.45) is 4.74. The molecular formula is C17H18N2O3. The summed E-state index contributed by atoms with van der Waals surface area (Å²) >= 11 is 0. The Bertz CT molecular complexity index is 706. The first-order valence-electron chi connectivity index (χ1n) is 7.40. The van der Waals surface area contributed by atoms with Gasteiger partial charge in [-0.25, -0.2) is 9.78 Å². The molecule has 2 aromatic rings. The highest BCUT2D eigenvalue weighted by molar-refractivity contribution is 5.88. The number of carbonyl (C=O) groups is 1. The van der Waals surface area contributed by atoms with Gasteiger partial charge in [0.2, 0.25) is 0 Å². The van der Waals surface area contributed by atoms with E-state index in [2.05, 4.69) is 10.3 Å². The van der Waals surface area contributed by atoms with Gasteiger partial charge in [0, 0.05) is 11.5 Å². The third kappa shape index (κ3) is 3.43. The summed E-state index contributed by atoms with van der Waals surface area (Å²) in [5.74, 6) is -0.226. The molecule has 0 atom stereocenters. The lowest BCUT2D eigenvalue weighted by molar-refractivity contribution is -0.131. The van der Waals surface area contributed by atoms with Gasteiger partial charge in [-0.05, 0) is 44.1 Å². The van der Waals surface area contributed by atoms with Crippen LogP contribution in [0.3, 0.4) is 0 Å². The molecule has 0 spiro atoms. The molecule has 0 saturated carbocycles. The molecule has 0 aliphatic carbocycles. The predicted molar refractivity (Wildman–Crippen MR) is 84.9 cm³/mol. The number of carboxylic acids is 1. The number of hydrogen-bond acceptors (Lipinski definition) is 4. The Morgan fingerprint density at radius 2 is 2.09 bits per heavy atom. The van der Waals surface area contributed by atoms with E-state index in [-0.39, 0.29) is 6.10 Å². The largest absolute Gasteiger partial charge is 0.488 e. The van der Waals surface area contributed by atoms with Crippen molar-refractivity contribution in [1.29, 1.82) is 0 Å². The van der Waals surface area contributed by atoms with Crippen LogP contribution in [0.4, 0.5) is 0 Å². The van der Waals surface area contributed by atoms with Crippen molar-refractivity contribution < 1.29 is 14.6 Å². The Kier molecular flexibility index (Phi) is 4.34. The molecular weight excluding hydrogens is 280 g/mol. The monoisotopic (exact) mass is 298 g/mol. The number of nitrogens with zero attached hydrogens (tertiary/aromatic N) is 1. The fraction of sp³-hybridized carbons (Fsp3) is 0.294. The van der Waals surface area contributed by atoms with Crippen LogP contribution in [0.15, 0.2) is 36.4 Å². The Balaban J connectivity index is 1.91. The maximum Gasteiger partial charge on any atom is 0.328 e. The number of carboxylic acid groups (broad SMARTS) is 1. The Morgan fingerprint density at radius 3 is 2.86 bits per heavy atom. The molecule has 1 aromatic carbocycles. The van der Waals surface area contributed by atoms with Gasteiger partial charge in [0.25, 0.3) is 0 Å². The Labute approximate surface area is 128 Å². The highest BCUT2D eigenvalue weighted by Gasteiger charge is 2.16. The number of rotatable bonds is 4. The van der Waals surface area contributed by atoms with Gasteiger partial charge in [0.1, 0.15) is 17.4 Å². The fourth-order valence-electron chi connectivity index (χ4n) is 2.57. The summed E-state index contributed by atoms with van der Waals surface area (Å²) in [6.45, 7) is 1.94. The van der Waals surface area contributed by atoms with Crippen molar-refractivity contribution in [3.8, 4) is 5.75 Å². The second kappa shape index (κ2) is 6.58. The molecule has 1 aromatic heterocycles. The molecule has 2 heterocycles. The predicted octanol–water partition coefficient (Wildman–Crippen LogP) is 2.46. The zero-order chi connectivity index (χ0) is 15.4. The van der Waals surface area contributed by atoms with Gasteiger partial charge in [-0.15, -0.1) is 0 Å². The van der Waals surface area contributed by atoms with Crippen molar-refractivity contribution in [1.82, 2.24) is 10.3 Å². The highest BCUT2D eigenvalue weighted by Crippen LogP contribution is 2.26. The third-order valence-corrected chi connectivity index (χ3v) is 3.68. The number of hydrogen-bond donors (Lipinski definition) is 2. The quantitative estimate of drug-likeness (QED) is 0.848. The average Bonchev–Trinajstić information content (AvgIpc) is 2.54. The van der Waals surface area contributed by atoms with Crippen molar-refractivity contribution in [2.24, 2.45) is 0 Å². The average molecular weight is 298 g/mol. The van der Waals surface area contributed by atoms with Crippen molar-refractivity contribution in [2.45, 2.75) is 18.9 Å². The molecule has 0 bridgehead atoms. The number of fused-ring (bicyclic) bond motifs is 1. The number of ether oxygens (including phenoxy) is 1. The van der Waals surface area contributed by atoms with E-state index in [1.165, 1.54) is 6.08 Å². The molecule has 0 amide bonds. The van der Waals surface area contributed by atoms with Crippen LogP contribution in [0.1, 0.15) is 18.5 Å². The minimum Gasteiger partial charge on any atom is -0.488 e. The molecule has 22 heavy (non-hydrogen) atoms. The molecule has 1 saturated heterocycles. The van der Waals surface area contributed by atoms with E-state index < -0.39 is 5.97 Å². The number of aromatic nitrogens is 1. The van der Waals surface area contributed by atoms with Crippen molar-refractivity contribution in [3.05, 3.63) is 42.1 Å². The molecule has 2 N–H and O–H groups in total. The molecule has 114 valence electrons. The first kappa shape index (κ1) is 14.5. The number of aliphatic carboxylic acids is 1. The van der Waals surface area contributed by atoms with Gasteiger partial charge in [0.05, 0.1) is 5.69 Å². The molecule has 0 radical (unpaired) electrons. The van der Waals surface area contributed by atoms with E-state index in [4.69, 9.17) is 9.84 Å². The lowest BCUT2D eigenvalue weighted by atomic mass is 10.1. The van der Waals surface area contributed by atoms with Gasteiger partial charge >= 0.3 is 5.97 Å². The summed E-state index contributed by atoms with van der Waals surface area (Å²) in [5, 5.41) is 13.0. The van der Waals surface area contributed by atoms with Gasteiger partial charge in [0.15, 0.2) is 0 Å². The Hall–Kier alpha value is -2.40. The number of benzene rings is 1. The molecule has 1 aliphatic heterocycles. The zero-order valence-electron chi connectivity index (χ0n) is 12.2. The smallest absolute Gasteiger partial charge is 0.328 e. The Morgan fingerprint density at radius 1 is 1.27 bits per heavy atom. The van der Waals surface area contributed by atoms with Crippen molar-refractivity contribution in [2.75, 3.05) is 13.1 Å². The normalized spacial score (nSPS) is 16.2. The third-order valence-electron chi connectivity index (χ3n) is 3.68. The van der Waals surface area contributed by atoms with E-state index in [9.17, 15) is 4.79 Å². The standard InChI is InChI=1S/C17H18N2O3/c20-16(21)7-6-13-5-4-12-2-1-3-15(17(12)19-13)22-14-8-10-18-11-9-14/h1-7,14,18H,8-11H2,(H,20,21). The lowest BCUT2D eigenvalue weighted by Crippen LogP contribution is -2.34. The van der Waals surface area contributed by atoms with Crippen LogP contribution in [0.5, 0.6) is 5.75 Å². The van der Waals surface area contributed by atoms with E-state index in [0.29, 0.717) is 5.69 Å². The van der Waals surface area contributed by atoms with Gasteiger partial charge < -0.3 is 15.2 Å². The number of pyridine rings is 1. The van der Waals surface area contributed by atoms with Crippen LogP contribution in [0, 0.1) is 0 Å². The minimum atomic E-state index is -0.985. The number of piperidine rings is 1. The molecule has 3 rings (SSSR count). The van der Waals surface area contributed by atoms with Gasteiger partial charge in [-0.3, -0.25) is 0 Å². The minimum absolute atomic E-state index is 0.201. The fourth-order valence-corrected chi connectivity index (χ4v) is 2.57. The van der Waals surface area contributed by atoms with Crippen LogP contribution in [0.2, 0.25) is 0 Å². The lowest BCUT2D eigenvalue weighted by Gasteiger charge is -2.24. The SMILES string of the molecule is O=C(O)C=Cc1ccc2cccc(OC3CCNCC3)c2n1. The summed E-state index contributed by atoms with van der Waals surface area (Å²) < 4.78 is 6.11. The van der Waals surface area contributed by atoms with Crippen molar-refractivity contribution >= 4 is 22.9 Å². The molecule has 0 unspecified atom stereocenters. The van der Waals surface area contributed by atoms with E-state index >= 15 is 0 Å². The first-order chi connectivity index (χ1) is 10.7. The van der Waals surface area contributed by atoms with E-state index in [1.807, 2.05) is 24.3 Å². The second-order valence-corrected chi connectivity index (χ2v) is 5.30. The number of nitrogens with one attached hydrogen (secondary N) is 1. The van der Waals surface area contributed by atoms with Crippen molar-refractivity contribution in [3.63, 3.8) is 0 Å². The van der Waals surface area contributed by atoms with Crippen LogP contribution in [-0.2, 0) is 4.79 Å². The summed E-state index contributed by atoms with van der Waals surface area (Å²) in [5.41, 5.74) is 1.38. The van der Waals surface area contributed by atoms with Crippen LogP contribution in [-0.4, -0.2) is 35.3 Å². The summed E-state index contributed by atoms with van der Waals surface area (Å²) in [4.78, 5) is 15.1. The van der Waals surface area contributed by atoms with Crippen LogP contribution >= 0.6 is 0 Å². The van der Waals surface area contributed by atoms with Gasteiger partial charge in [-0.2, -0.15) is 0 Å². The second-order valence-electron chi connectivity index (χ2n) is 5.30. The highest BCUT2D eigenvalue weighted by atomic mass is 16.5. The van der Waals surface area contributed by atoms with Crippen LogP contribution < -0.4 is 10.1 Å². The summed E-state index contributed by atoms with van der Waals surface area (Å²) in [6, 6.07) is 9.58. The maximum atomic E-state index is 10.6. The first-order valence-corrected chi connectivity index (χ1v) is 7.40. The maximum absolute atomic E-state index is 10.6. The molecule has 1 aliphatic rings. The summed E-state index contributed by atoms with van der Waals surface area (Å²) in [7, 11) is 0. The molecule has 5 heteroatoms. The van der Waals surface area contributed by atoms with E-state index in [0.717, 1.165) is 48.7 Å². The van der Waals surface area contributed by atoms with E-state index in [1.54, 1.807) is 6.07 Å². The zero-order valence-corrected chi connectivity index (χ0v) is 12.2.